The molecule has 0 aliphatic carbocycles. The monoisotopic (exact) mass is 315 g/mol. The lowest BCUT2D eigenvalue weighted by Crippen LogP contribution is -2.12. The zero-order valence-electron chi connectivity index (χ0n) is 10.4. The van der Waals surface area contributed by atoms with E-state index < -0.39 is 0 Å². The van der Waals surface area contributed by atoms with Gasteiger partial charge < -0.3 is 10.5 Å². The fourth-order valence-corrected chi connectivity index (χ4v) is 2.59. The summed E-state index contributed by atoms with van der Waals surface area (Å²) in [4.78, 5) is 0. The zero-order valence-corrected chi connectivity index (χ0v) is 12.0. The van der Waals surface area contributed by atoms with Crippen molar-refractivity contribution in [2.75, 3.05) is 6.61 Å². The predicted molar refractivity (Wildman–Crippen MR) is 73.9 cm³/mol. The van der Waals surface area contributed by atoms with E-state index in [1.165, 1.54) is 18.9 Å². The van der Waals surface area contributed by atoms with Gasteiger partial charge in [-0.15, -0.1) is 0 Å². The molecule has 0 bridgehead atoms. The highest BCUT2D eigenvalue weighted by atomic mass is 79.9. The molecule has 1 aliphatic rings. The molecule has 1 aromatic carbocycles. The number of halogens is 2. The lowest BCUT2D eigenvalue weighted by molar-refractivity contribution is 0.101. The topological polar surface area (TPSA) is 35.2 Å². The minimum absolute atomic E-state index is 0.0889. The second kappa shape index (κ2) is 6.64. The standard InChI is InChI=1S/C14H19BrFNO/c15-12-7-6-10(9-13(12)16)14(17)5-1-3-11-4-2-8-18-11/h6-7,9,11,14H,1-5,8,17H2. The molecule has 1 saturated heterocycles. The third-order valence-corrected chi connectivity index (χ3v) is 4.08. The quantitative estimate of drug-likeness (QED) is 0.893. The summed E-state index contributed by atoms with van der Waals surface area (Å²) in [5, 5.41) is 0. The molecule has 2 unspecified atom stereocenters. The normalized spacial score (nSPS) is 21.2. The van der Waals surface area contributed by atoms with Crippen molar-refractivity contribution in [2.45, 2.75) is 44.2 Å². The summed E-state index contributed by atoms with van der Waals surface area (Å²) in [6, 6.07) is 5.02. The summed E-state index contributed by atoms with van der Waals surface area (Å²) in [5.41, 5.74) is 6.94. The minimum atomic E-state index is -0.248. The van der Waals surface area contributed by atoms with Crippen LogP contribution >= 0.6 is 15.9 Å². The molecule has 100 valence electrons. The van der Waals surface area contributed by atoms with Crippen molar-refractivity contribution < 1.29 is 9.13 Å². The molecule has 0 radical (unpaired) electrons. The van der Waals surface area contributed by atoms with Crippen molar-refractivity contribution in [3.05, 3.63) is 34.1 Å². The summed E-state index contributed by atoms with van der Waals surface area (Å²) in [6.07, 6.45) is 5.73. The molecule has 2 atom stereocenters. The van der Waals surface area contributed by atoms with Gasteiger partial charge in [0.1, 0.15) is 5.82 Å². The van der Waals surface area contributed by atoms with Crippen LogP contribution in [0.5, 0.6) is 0 Å². The largest absolute Gasteiger partial charge is 0.378 e. The van der Waals surface area contributed by atoms with Crippen LogP contribution in [-0.2, 0) is 4.74 Å². The van der Waals surface area contributed by atoms with E-state index in [4.69, 9.17) is 10.5 Å². The highest BCUT2D eigenvalue weighted by Gasteiger charge is 2.16. The Bertz CT molecular complexity index is 393. The van der Waals surface area contributed by atoms with E-state index in [1.807, 2.05) is 6.07 Å². The molecule has 18 heavy (non-hydrogen) atoms. The van der Waals surface area contributed by atoms with Gasteiger partial charge in [0.25, 0.3) is 0 Å². The summed E-state index contributed by atoms with van der Waals surface area (Å²) in [6.45, 7) is 0.897. The van der Waals surface area contributed by atoms with Gasteiger partial charge in [0.2, 0.25) is 0 Å². The molecule has 4 heteroatoms. The number of rotatable bonds is 5. The van der Waals surface area contributed by atoms with Gasteiger partial charge in [0.05, 0.1) is 10.6 Å². The number of nitrogens with two attached hydrogens (primary N) is 1. The van der Waals surface area contributed by atoms with Crippen LogP contribution in [0.4, 0.5) is 4.39 Å². The van der Waals surface area contributed by atoms with Crippen molar-refractivity contribution >= 4 is 15.9 Å². The maximum absolute atomic E-state index is 13.4. The molecule has 2 nitrogen and oxygen atoms in total. The van der Waals surface area contributed by atoms with E-state index in [2.05, 4.69) is 15.9 Å². The van der Waals surface area contributed by atoms with Crippen LogP contribution in [0.3, 0.4) is 0 Å². The fraction of sp³-hybridized carbons (Fsp3) is 0.571. The summed E-state index contributed by atoms with van der Waals surface area (Å²) in [5.74, 6) is -0.248. The molecule has 2 N–H and O–H groups in total. The first-order valence-electron chi connectivity index (χ1n) is 6.49. The van der Waals surface area contributed by atoms with Crippen molar-refractivity contribution in [3.63, 3.8) is 0 Å². The van der Waals surface area contributed by atoms with E-state index in [0.717, 1.165) is 31.4 Å². The first kappa shape index (κ1) is 14.0. The van der Waals surface area contributed by atoms with Crippen LogP contribution in [-0.4, -0.2) is 12.7 Å². The fourth-order valence-electron chi connectivity index (χ4n) is 2.35. The van der Waals surface area contributed by atoms with E-state index >= 15 is 0 Å². The molecular weight excluding hydrogens is 297 g/mol. The lowest BCUT2D eigenvalue weighted by Gasteiger charge is -2.14. The minimum Gasteiger partial charge on any atom is -0.378 e. The summed E-state index contributed by atoms with van der Waals surface area (Å²) >= 11 is 3.14. The van der Waals surface area contributed by atoms with Gasteiger partial charge >= 0.3 is 0 Å². The maximum Gasteiger partial charge on any atom is 0.137 e. The Hall–Kier alpha value is -0.450. The van der Waals surface area contributed by atoms with Gasteiger partial charge in [-0.3, -0.25) is 0 Å². The van der Waals surface area contributed by atoms with Crippen LogP contribution in [0.2, 0.25) is 0 Å². The Kier molecular flexibility index (Phi) is 5.15. The van der Waals surface area contributed by atoms with Gasteiger partial charge in [-0.05, 0) is 65.7 Å². The van der Waals surface area contributed by atoms with Crippen molar-refractivity contribution in [1.29, 1.82) is 0 Å². The van der Waals surface area contributed by atoms with Crippen LogP contribution in [0, 0.1) is 5.82 Å². The van der Waals surface area contributed by atoms with Crippen LogP contribution < -0.4 is 5.73 Å². The van der Waals surface area contributed by atoms with Crippen LogP contribution in [0.15, 0.2) is 22.7 Å². The smallest absolute Gasteiger partial charge is 0.137 e. The molecule has 1 fully saturated rings. The van der Waals surface area contributed by atoms with Crippen LogP contribution in [0.1, 0.15) is 43.7 Å². The maximum atomic E-state index is 13.4. The number of benzene rings is 1. The van der Waals surface area contributed by atoms with Gasteiger partial charge in [-0.25, -0.2) is 4.39 Å². The van der Waals surface area contributed by atoms with Crippen molar-refractivity contribution in [3.8, 4) is 0 Å². The Balaban J connectivity index is 1.79. The van der Waals surface area contributed by atoms with E-state index in [1.54, 1.807) is 6.07 Å². The lowest BCUT2D eigenvalue weighted by atomic mass is 10.00. The molecule has 2 rings (SSSR count). The zero-order chi connectivity index (χ0) is 13.0. The highest BCUT2D eigenvalue weighted by Crippen LogP contribution is 2.24. The van der Waals surface area contributed by atoms with Gasteiger partial charge in [0.15, 0.2) is 0 Å². The second-order valence-corrected chi connectivity index (χ2v) is 5.70. The van der Waals surface area contributed by atoms with Crippen molar-refractivity contribution in [1.82, 2.24) is 0 Å². The van der Waals surface area contributed by atoms with E-state index in [0.29, 0.717) is 10.6 Å². The second-order valence-electron chi connectivity index (χ2n) is 4.85. The summed E-state index contributed by atoms with van der Waals surface area (Å²) in [7, 11) is 0. The number of ether oxygens (including phenoxy) is 1. The molecule has 0 amide bonds. The molecule has 0 spiro atoms. The molecule has 1 aliphatic heterocycles. The van der Waals surface area contributed by atoms with Gasteiger partial charge in [0, 0.05) is 12.6 Å². The molecule has 0 saturated carbocycles. The first-order valence-corrected chi connectivity index (χ1v) is 7.28. The average molecular weight is 316 g/mol. The van der Waals surface area contributed by atoms with E-state index in [-0.39, 0.29) is 11.9 Å². The predicted octanol–water partition coefficient (Wildman–Crippen LogP) is 3.94. The van der Waals surface area contributed by atoms with Gasteiger partial charge in [-0.2, -0.15) is 0 Å². The Morgan fingerprint density at radius 3 is 3.00 bits per heavy atom. The molecule has 1 heterocycles. The number of hydrogen-bond donors (Lipinski definition) is 1. The molecule has 0 aromatic heterocycles. The molecular formula is C14H19BrFNO. The first-order chi connectivity index (χ1) is 8.66. The average Bonchev–Trinajstić information content (AvgIpc) is 2.85. The van der Waals surface area contributed by atoms with Gasteiger partial charge in [-0.1, -0.05) is 6.07 Å². The Morgan fingerprint density at radius 2 is 2.33 bits per heavy atom. The summed E-state index contributed by atoms with van der Waals surface area (Å²) < 4.78 is 19.4. The third kappa shape index (κ3) is 3.77. The van der Waals surface area contributed by atoms with Crippen molar-refractivity contribution in [2.24, 2.45) is 5.73 Å². The third-order valence-electron chi connectivity index (χ3n) is 3.44. The highest BCUT2D eigenvalue weighted by molar-refractivity contribution is 9.10. The number of hydrogen-bond acceptors (Lipinski definition) is 2. The Morgan fingerprint density at radius 1 is 1.50 bits per heavy atom. The van der Waals surface area contributed by atoms with Crippen LogP contribution in [0.25, 0.3) is 0 Å². The molecule has 1 aromatic rings. The SMILES string of the molecule is NC(CCCC1CCCO1)c1ccc(Br)c(F)c1. The van der Waals surface area contributed by atoms with E-state index in [9.17, 15) is 4.39 Å². The Labute approximate surface area is 116 Å².